The van der Waals surface area contributed by atoms with Crippen molar-refractivity contribution in [2.24, 2.45) is 25.4 Å². The van der Waals surface area contributed by atoms with Crippen LogP contribution in [0.25, 0.3) is 20.7 Å². The number of anilines is 1. The molecule has 0 radical (unpaired) electrons. The van der Waals surface area contributed by atoms with E-state index in [2.05, 4.69) is 15.9 Å². The number of thiophene rings is 1. The van der Waals surface area contributed by atoms with Gasteiger partial charge in [0.05, 0.1) is 40.4 Å². The van der Waals surface area contributed by atoms with E-state index in [4.69, 9.17) is 21.4 Å². The van der Waals surface area contributed by atoms with Crippen LogP contribution in [-0.4, -0.2) is 47.7 Å². The number of aryl methyl sites for hydroxylation is 2. The summed E-state index contributed by atoms with van der Waals surface area (Å²) in [6, 6.07) is 10.2. The second kappa shape index (κ2) is 10.8. The van der Waals surface area contributed by atoms with Crippen LogP contribution in [0.4, 0.5) is 5.82 Å². The van der Waals surface area contributed by atoms with Gasteiger partial charge in [-0.2, -0.15) is 5.10 Å². The molecular weight excluding hydrogens is 736 g/mol. The zero-order valence-corrected chi connectivity index (χ0v) is 30.2. The Morgan fingerprint density at radius 3 is 2.59 bits per heavy atom. The first-order valence-electron chi connectivity index (χ1n) is 15.5. The van der Waals surface area contributed by atoms with Gasteiger partial charge >= 0.3 is 11.4 Å². The Labute approximate surface area is 296 Å². The van der Waals surface area contributed by atoms with Crippen LogP contribution >= 0.6 is 38.9 Å². The molecule has 1 saturated heterocycles. The third-order valence-corrected chi connectivity index (χ3v) is 12.7. The number of methoxy groups -OCH3 is 1. The number of benzene rings is 2. The van der Waals surface area contributed by atoms with Gasteiger partial charge in [0.2, 0.25) is 11.8 Å². The van der Waals surface area contributed by atoms with E-state index >= 15 is 0 Å². The molecule has 2 fully saturated rings. The van der Waals surface area contributed by atoms with E-state index in [1.807, 2.05) is 31.2 Å². The zero-order chi connectivity index (χ0) is 34.8. The van der Waals surface area contributed by atoms with E-state index in [0.29, 0.717) is 26.6 Å². The molecule has 8 rings (SSSR count). The van der Waals surface area contributed by atoms with Gasteiger partial charge in [0, 0.05) is 35.8 Å². The predicted octanol–water partition coefficient (Wildman–Crippen LogP) is 5.27. The molecule has 49 heavy (non-hydrogen) atoms. The number of phenolic OH excluding ortho intramolecular Hbond substituents is 1. The molecule has 1 N–H and O–H groups in total. The Kier molecular flexibility index (Phi) is 7.02. The number of rotatable bonds is 4. The number of ether oxygens (including phenoxy) is 1. The SMILES string of the molecule is COc1cc(C2C3=CCn4c(=O)n(C)c(=O)n4C3CC3C(=O)N(c4cc(-c5sc6ccc(Cl)cc6c5C)nn4C)C(=O)C32C)cc(Br)c1O. The number of fused-ring (bicyclic) bond motifs is 5. The Bertz CT molecular complexity index is 2450. The van der Waals surface area contributed by atoms with Crippen LogP contribution in [0.3, 0.4) is 0 Å². The molecule has 15 heteroatoms. The summed E-state index contributed by atoms with van der Waals surface area (Å²) in [6.07, 6.45) is 2.00. The second-order valence-corrected chi connectivity index (χ2v) is 15.4. The Morgan fingerprint density at radius 1 is 1.10 bits per heavy atom. The number of imide groups is 1. The summed E-state index contributed by atoms with van der Waals surface area (Å²) in [5, 5.41) is 17.1. The van der Waals surface area contributed by atoms with Crippen molar-refractivity contribution in [2.75, 3.05) is 12.0 Å². The lowest BCUT2D eigenvalue weighted by Crippen LogP contribution is -2.49. The fourth-order valence-electron chi connectivity index (χ4n) is 8.12. The fraction of sp³-hybridized carbons (Fsp3) is 0.324. The molecule has 1 aliphatic carbocycles. The lowest BCUT2D eigenvalue weighted by Gasteiger charge is -2.47. The van der Waals surface area contributed by atoms with Gasteiger partial charge in [-0.15, -0.1) is 11.3 Å². The van der Waals surface area contributed by atoms with Gasteiger partial charge in [0.25, 0.3) is 0 Å². The molecule has 3 aromatic heterocycles. The molecule has 2 aliphatic heterocycles. The summed E-state index contributed by atoms with van der Waals surface area (Å²) < 4.78 is 12.3. The lowest BCUT2D eigenvalue weighted by atomic mass is 9.56. The average Bonchev–Trinajstić information content (AvgIpc) is 3.73. The molecular formula is C34H30BrClN6O6S. The molecule has 4 atom stereocenters. The van der Waals surface area contributed by atoms with Gasteiger partial charge < -0.3 is 9.84 Å². The molecule has 2 amide bonds. The first-order chi connectivity index (χ1) is 23.3. The predicted molar refractivity (Wildman–Crippen MR) is 189 cm³/mol. The number of aromatic nitrogens is 5. The van der Waals surface area contributed by atoms with Crippen molar-refractivity contribution >= 4 is 66.6 Å². The highest BCUT2D eigenvalue weighted by Gasteiger charge is 2.66. The minimum atomic E-state index is -1.31. The Hall–Kier alpha value is -4.40. The standard InChI is InChI=1S/C34H30BrClN6O6S/c1-15-19-12-17(36)6-7-25(19)49-29(15)22-14-26(39(4)37-22)41-30(44)20-13-23-18(8-9-40-32(46)38(3)33(47)42(23)40)27(34(20,2)31(41)45)16-10-21(35)28(43)24(11-16)48-5/h6-8,10-12,14,20,23,27,43H,9,13H2,1-5H3. The molecule has 5 aromatic rings. The number of carbonyl (C=O) groups excluding carboxylic acids is 2. The van der Waals surface area contributed by atoms with Crippen molar-refractivity contribution in [3.8, 4) is 22.1 Å². The number of nitrogens with zero attached hydrogens (tertiary/aromatic N) is 6. The van der Waals surface area contributed by atoms with Gasteiger partial charge in [-0.25, -0.2) is 28.4 Å². The van der Waals surface area contributed by atoms with Gasteiger partial charge in [-0.3, -0.25) is 14.3 Å². The van der Waals surface area contributed by atoms with Gasteiger partial charge in [-0.05, 0) is 88.6 Å². The minimum Gasteiger partial charge on any atom is -0.503 e. The van der Waals surface area contributed by atoms with E-state index in [0.717, 1.165) is 30.7 Å². The van der Waals surface area contributed by atoms with E-state index in [1.54, 1.807) is 48.2 Å². The van der Waals surface area contributed by atoms with Gasteiger partial charge in [-0.1, -0.05) is 17.7 Å². The molecule has 12 nitrogen and oxygen atoms in total. The quantitative estimate of drug-likeness (QED) is 0.195. The maximum Gasteiger partial charge on any atom is 0.347 e. The van der Waals surface area contributed by atoms with Crippen molar-refractivity contribution in [2.45, 2.75) is 38.8 Å². The van der Waals surface area contributed by atoms with Crippen molar-refractivity contribution in [3.05, 3.63) is 89.6 Å². The van der Waals surface area contributed by atoms with Crippen LogP contribution in [0, 0.1) is 18.3 Å². The van der Waals surface area contributed by atoms with Crippen LogP contribution in [-0.2, 0) is 30.2 Å². The topological polar surface area (TPSA) is 134 Å². The number of hydrogen-bond donors (Lipinski definition) is 1. The summed E-state index contributed by atoms with van der Waals surface area (Å²) in [6.45, 7) is 3.90. The van der Waals surface area contributed by atoms with Crippen LogP contribution in [0.2, 0.25) is 5.02 Å². The molecule has 252 valence electrons. The number of phenols is 1. The first-order valence-corrected chi connectivity index (χ1v) is 17.5. The number of allylic oxidation sites excluding steroid dienone is 2. The van der Waals surface area contributed by atoms with Crippen LogP contribution < -0.4 is 21.0 Å². The number of aromatic hydroxyl groups is 1. The Balaban J connectivity index is 1.30. The van der Waals surface area contributed by atoms with Gasteiger partial charge in [0.1, 0.15) is 11.5 Å². The highest BCUT2D eigenvalue weighted by Crippen LogP contribution is 2.62. The van der Waals surface area contributed by atoms with Crippen molar-refractivity contribution in [3.63, 3.8) is 0 Å². The minimum absolute atomic E-state index is 0.109. The summed E-state index contributed by atoms with van der Waals surface area (Å²) in [5.41, 5.74) is 0.684. The molecule has 4 unspecified atom stereocenters. The van der Waals surface area contributed by atoms with Gasteiger partial charge in [0.15, 0.2) is 11.5 Å². The van der Waals surface area contributed by atoms with Crippen LogP contribution in [0.15, 0.2) is 62.1 Å². The van der Waals surface area contributed by atoms with Crippen molar-refractivity contribution in [1.29, 1.82) is 0 Å². The van der Waals surface area contributed by atoms with Crippen molar-refractivity contribution in [1.82, 2.24) is 23.7 Å². The molecule has 3 aliphatic rings. The monoisotopic (exact) mass is 764 g/mol. The summed E-state index contributed by atoms with van der Waals surface area (Å²) >= 11 is 11.3. The third kappa shape index (κ3) is 4.23. The fourth-order valence-corrected chi connectivity index (χ4v) is 9.89. The second-order valence-electron chi connectivity index (χ2n) is 13.0. The molecule has 2 aromatic carbocycles. The largest absolute Gasteiger partial charge is 0.503 e. The zero-order valence-electron chi connectivity index (χ0n) is 27.0. The maximum absolute atomic E-state index is 15.0. The van der Waals surface area contributed by atoms with E-state index in [9.17, 15) is 24.3 Å². The molecule has 1 saturated carbocycles. The highest BCUT2D eigenvalue weighted by molar-refractivity contribution is 9.10. The third-order valence-electron chi connectivity index (χ3n) is 10.5. The van der Waals surface area contributed by atoms with E-state index in [1.165, 1.54) is 28.4 Å². The molecule has 5 heterocycles. The number of amides is 2. The average molecular weight is 766 g/mol. The number of halogens is 2. The first kappa shape index (κ1) is 31.8. The van der Waals surface area contributed by atoms with Crippen molar-refractivity contribution < 1.29 is 19.4 Å². The number of carbonyl (C=O) groups is 2. The summed E-state index contributed by atoms with van der Waals surface area (Å²) in [7, 11) is 4.56. The summed E-state index contributed by atoms with van der Waals surface area (Å²) in [4.78, 5) is 58.2. The lowest BCUT2D eigenvalue weighted by molar-refractivity contribution is -0.129. The van der Waals surface area contributed by atoms with E-state index < -0.39 is 46.5 Å². The summed E-state index contributed by atoms with van der Waals surface area (Å²) in [5.74, 6) is -2.02. The maximum atomic E-state index is 15.0. The normalized spacial score (nSPS) is 23.1. The molecule has 0 bridgehead atoms. The van der Waals surface area contributed by atoms with Crippen LogP contribution in [0.5, 0.6) is 11.5 Å². The Morgan fingerprint density at radius 2 is 1.86 bits per heavy atom. The van der Waals surface area contributed by atoms with Crippen LogP contribution in [0.1, 0.15) is 36.4 Å². The smallest absolute Gasteiger partial charge is 0.347 e. The molecule has 0 spiro atoms. The highest BCUT2D eigenvalue weighted by atomic mass is 79.9. The van der Waals surface area contributed by atoms with E-state index in [-0.39, 0.29) is 24.5 Å². The number of hydrogen-bond acceptors (Lipinski definition) is 8.